The van der Waals surface area contributed by atoms with Crippen molar-refractivity contribution in [2.75, 3.05) is 19.8 Å². The molecule has 1 aromatic carbocycles. The minimum Gasteiger partial charge on any atom is -0.480 e. The van der Waals surface area contributed by atoms with Crippen LogP contribution in [0.25, 0.3) is 10.9 Å². The topological polar surface area (TPSA) is 82.6 Å². The number of aliphatic carboxylic acids is 1. The van der Waals surface area contributed by atoms with Crippen molar-refractivity contribution in [3.63, 3.8) is 0 Å². The number of carboxylic acid groups (broad SMARTS) is 1. The van der Waals surface area contributed by atoms with Crippen LogP contribution in [0.5, 0.6) is 0 Å². The minimum absolute atomic E-state index is 0.0333. The first-order valence-electron chi connectivity index (χ1n) is 7.19. The number of H-pyrrole nitrogens is 1. The first-order valence-corrected chi connectivity index (χ1v) is 7.19. The average Bonchev–Trinajstić information content (AvgIpc) is 2.81. The highest BCUT2D eigenvalue weighted by atomic mass is 16.5. The zero-order valence-corrected chi connectivity index (χ0v) is 12.5. The second kappa shape index (κ2) is 5.46. The number of hydrogen-bond acceptors (Lipinski definition) is 3. The highest BCUT2D eigenvalue weighted by molar-refractivity contribution is 6.00. The van der Waals surface area contributed by atoms with Gasteiger partial charge >= 0.3 is 5.97 Å². The smallest absolute Gasteiger partial charge is 0.328 e. The third-order valence-corrected chi connectivity index (χ3v) is 4.23. The summed E-state index contributed by atoms with van der Waals surface area (Å²) in [6, 6.07) is 4.49. The molecule has 116 valence electrons. The molecule has 0 saturated carbocycles. The number of carbonyl (C=O) groups excluding carboxylic acids is 1. The Morgan fingerprint density at radius 2 is 2.14 bits per heavy atom. The Bertz CT molecular complexity index is 750. The largest absolute Gasteiger partial charge is 0.480 e. The Morgan fingerprint density at radius 1 is 1.36 bits per heavy atom. The van der Waals surface area contributed by atoms with Crippen molar-refractivity contribution in [2.24, 2.45) is 0 Å². The van der Waals surface area contributed by atoms with Gasteiger partial charge < -0.3 is 19.7 Å². The number of morpholine rings is 1. The van der Waals surface area contributed by atoms with E-state index in [4.69, 9.17) is 4.74 Å². The van der Waals surface area contributed by atoms with Gasteiger partial charge in [0.05, 0.1) is 13.2 Å². The summed E-state index contributed by atoms with van der Waals surface area (Å²) in [5.74, 6) is -1.31. The van der Waals surface area contributed by atoms with Crippen LogP contribution < -0.4 is 0 Å². The van der Waals surface area contributed by atoms with E-state index in [2.05, 4.69) is 4.98 Å². The SMILES string of the molecule is Cc1[nH]c2ccc(C(=O)N3CCOC[C@H]3C(=O)O)cc2c1C. The second-order valence-corrected chi connectivity index (χ2v) is 5.56. The van der Waals surface area contributed by atoms with Crippen LogP contribution in [-0.2, 0) is 9.53 Å². The molecule has 2 aromatic rings. The Kier molecular flexibility index (Phi) is 3.62. The Hall–Kier alpha value is -2.34. The highest BCUT2D eigenvalue weighted by Crippen LogP contribution is 2.23. The Balaban J connectivity index is 1.97. The lowest BCUT2D eigenvalue weighted by Crippen LogP contribution is -2.52. The number of aromatic amines is 1. The van der Waals surface area contributed by atoms with Crippen molar-refractivity contribution < 1.29 is 19.4 Å². The maximum absolute atomic E-state index is 12.7. The number of aryl methyl sites for hydroxylation is 2. The van der Waals surface area contributed by atoms with Crippen molar-refractivity contribution in [3.05, 3.63) is 35.0 Å². The minimum atomic E-state index is -1.04. The summed E-state index contributed by atoms with van der Waals surface area (Å²) < 4.78 is 5.17. The molecule has 0 radical (unpaired) electrons. The predicted molar refractivity (Wildman–Crippen MR) is 81.1 cm³/mol. The number of nitrogens with one attached hydrogen (secondary N) is 1. The van der Waals surface area contributed by atoms with E-state index in [9.17, 15) is 14.7 Å². The van der Waals surface area contributed by atoms with E-state index in [1.54, 1.807) is 6.07 Å². The lowest BCUT2D eigenvalue weighted by Gasteiger charge is -2.32. The summed E-state index contributed by atoms with van der Waals surface area (Å²) in [5.41, 5.74) is 3.64. The molecule has 1 atom stereocenters. The number of fused-ring (bicyclic) bond motifs is 1. The molecular formula is C16H18N2O4. The highest BCUT2D eigenvalue weighted by Gasteiger charge is 2.33. The molecule has 1 amide bonds. The third-order valence-electron chi connectivity index (χ3n) is 4.23. The van der Waals surface area contributed by atoms with Crippen LogP contribution in [0.3, 0.4) is 0 Å². The summed E-state index contributed by atoms with van der Waals surface area (Å²) in [6.07, 6.45) is 0. The summed E-state index contributed by atoms with van der Waals surface area (Å²) in [5, 5.41) is 10.2. The number of amides is 1. The number of rotatable bonds is 2. The molecule has 3 rings (SSSR count). The zero-order chi connectivity index (χ0) is 15.9. The van der Waals surface area contributed by atoms with Gasteiger partial charge in [0.2, 0.25) is 0 Å². The summed E-state index contributed by atoms with van der Waals surface area (Å²) in [6.45, 7) is 4.67. The molecular weight excluding hydrogens is 284 g/mol. The van der Waals surface area contributed by atoms with E-state index in [0.717, 1.165) is 22.2 Å². The molecule has 22 heavy (non-hydrogen) atoms. The van der Waals surface area contributed by atoms with Gasteiger partial charge in [-0.15, -0.1) is 0 Å². The molecule has 0 unspecified atom stereocenters. The maximum atomic E-state index is 12.7. The maximum Gasteiger partial charge on any atom is 0.328 e. The number of nitrogens with zero attached hydrogens (tertiary/aromatic N) is 1. The summed E-state index contributed by atoms with van der Waals surface area (Å²) in [4.78, 5) is 28.6. The van der Waals surface area contributed by atoms with E-state index in [-0.39, 0.29) is 12.5 Å². The lowest BCUT2D eigenvalue weighted by atomic mass is 10.1. The van der Waals surface area contributed by atoms with E-state index in [1.807, 2.05) is 26.0 Å². The average molecular weight is 302 g/mol. The predicted octanol–water partition coefficient (Wildman–Crippen LogP) is 1.71. The fourth-order valence-corrected chi connectivity index (χ4v) is 2.81. The van der Waals surface area contributed by atoms with Gasteiger partial charge in [-0.1, -0.05) is 0 Å². The monoisotopic (exact) mass is 302 g/mol. The first-order chi connectivity index (χ1) is 10.5. The van der Waals surface area contributed by atoms with Crippen LogP contribution in [-0.4, -0.2) is 52.7 Å². The summed E-state index contributed by atoms with van der Waals surface area (Å²) >= 11 is 0. The van der Waals surface area contributed by atoms with Gasteiger partial charge in [-0.2, -0.15) is 0 Å². The molecule has 0 spiro atoms. The molecule has 1 aliphatic rings. The molecule has 1 aromatic heterocycles. The summed E-state index contributed by atoms with van der Waals surface area (Å²) in [7, 11) is 0. The van der Waals surface area contributed by atoms with Crippen molar-refractivity contribution in [2.45, 2.75) is 19.9 Å². The number of ether oxygens (including phenoxy) is 1. The number of aromatic nitrogens is 1. The van der Waals surface area contributed by atoms with Crippen molar-refractivity contribution >= 4 is 22.8 Å². The number of hydrogen-bond donors (Lipinski definition) is 2. The Labute approximate surface area is 127 Å². The molecule has 1 saturated heterocycles. The molecule has 1 aliphatic heterocycles. The molecule has 2 N–H and O–H groups in total. The fourth-order valence-electron chi connectivity index (χ4n) is 2.81. The van der Waals surface area contributed by atoms with E-state index in [1.165, 1.54) is 4.90 Å². The van der Waals surface area contributed by atoms with E-state index in [0.29, 0.717) is 18.7 Å². The van der Waals surface area contributed by atoms with E-state index < -0.39 is 12.0 Å². The van der Waals surface area contributed by atoms with Gasteiger partial charge in [0, 0.05) is 28.7 Å². The number of carboxylic acids is 1. The van der Waals surface area contributed by atoms with Gasteiger partial charge in [-0.25, -0.2) is 4.79 Å². The number of carbonyl (C=O) groups is 2. The molecule has 6 heteroatoms. The van der Waals surface area contributed by atoms with Crippen LogP contribution in [0.2, 0.25) is 0 Å². The lowest BCUT2D eigenvalue weighted by molar-refractivity contribution is -0.147. The fraction of sp³-hybridized carbons (Fsp3) is 0.375. The van der Waals surface area contributed by atoms with Gasteiger partial charge in [0.1, 0.15) is 0 Å². The van der Waals surface area contributed by atoms with Crippen molar-refractivity contribution in [1.29, 1.82) is 0 Å². The van der Waals surface area contributed by atoms with Gasteiger partial charge in [0.15, 0.2) is 6.04 Å². The standard InChI is InChI=1S/C16H18N2O4/c1-9-10(2)17-13-4-3-11(7-12(9)13)15(19)18-5-6-22-8-14(18)16(20)21/h3-4,7,14,17H,5-6,8H2,1-2H3,(H,20,21)/t14-/m0/s1. The molecule has 1 fully saturated rings. The van der Waals surface area contributed by atoms with Gasteiger partial charge in [-0.3, -0.25) is 4.79 Å². The molecule has 0 aliphatic carbocycles. The normalized spacial score (nSPS) is 18.6. The van der Waals surface area contributed by atoms with Gasteiger partial charge in [0.25, 0.3) is 5.91 Å². The Morgan fingerprint density at radius 3 is 2.86 bits per heavy atom. The quantitative estimate of drug-likeness (QED) is 0.884. The second-order valence-electron chi connectivity index (χ2n) is 5.56. The molecule has 6 nitrogen and oxygen atoms in total. The third kappa shape index (κ3) is 2.35. The van der Waals surface area contributed by atoms with Gasteiger partial charge in [-0.05, 0) is 37.6 Å². The number of benzene rings is 1. The van der Waals surface area contributed by atoms with Crippen LogP contribution in [0.1, 0.15) is 21.6 Å². The van der Waals surface area contributed by atoms with Crippen molar-refractivity contribution in [1.82, 2.24) is 9.88 Å². The first kappa shape index (κ1) is 14.6. The van der Waals surface area contributed by atoms with Crippen molar-refractivity contribution in [3.8, 4) is 0 Å². The molecule has 2 heterocycles. The zero-order valence-electron chi connectivity index (χ0n) is 12.5. The van der Waals surface area contributed by atoms with Crippen LogP contribution in [0.4, 0.5) is 0 Å². The van der Waals surface area contributed by atoms with Crippen LogP contribution in [0, 0.1) is 13.8 Å². The van der Waals surface area contributed by atoms with E-state index >= 15 is 0 Å². The van der Waals surface area contributed by atoms with Crippen LogP contribution in [0.15, 0.2) is 18.2 Å². The van der Waals surface area contributed by atoms with Crippen LogP contribution >= 0.6 is 0 Å². The molecule has 0 bridgehead atoms.